The summed E-state index contributed by atoms with van der Waals surface area (Å²) in [4.78, 5) is 5.69. The highest BCUT2D eigenvalue weighted by atomic mass is 15.4. The lowest BCUT2D eigenvalue weighted by Crippen LogP contribution is -2.31. The van der Waals surface area contributed by atoms with Crippen LogP contribution in [0.1, 0.15) is 130 Å². The summed E-state index contributed by atoms with van der Waals surface area (Å²) in [6.45, 7) is 15.0. The Morgan fingerprint density at radius 3 is 0.967 bits per heavy atom. The van der Waals surface area contributed by atoms with Crippen molar-refractivity contribution < 1.29 is 0 Å². The maximum absolute atomic E-state index is 2.84. The van der Waals surface area contributed by atoms with Crippen molar-refractivity contribution in [2.24, 2.45) is 0 Å². The third kappa shape index (κ3) is 6.74. The van der Waals surface area contributed by atoms with Crippen LogP contribution in [0.3, 0.4) is 0 Å². The Labute approximate surface area is 363 Å². The third-order valence-electron chi connectivity index (χ3n) is 14.1. The van der Waals surface area contributed by atoms with Gasteiger partial charge in [-0.1, -0.05) is 221 Å². The first kappa shape index (κ1) is 38.8. The highest BCUT2D eigenvalue weighted by Crippen LogP contribution is 2.59. The predicted molar refractivity (Wildman–Crippen MR) is 257 cm³/mol. The first-order valence-corrected chi connectivity index (χ1v) is 22.3. The molecule has 302 valence electrons. The molecule has 8 aromatic carbocycles. The Morgan fingerprint density at radius 2 is 0.672 bits per heavy atom. The lowest BCUT2D eigenvalue weighted by Gasteiger charge is -2.35. The van der Waals surface area contributed by atoms with Gasteiger partial charge in [0.05, 0.1) is 18.8 Å². The standard InChI is InChI=1S/C59H56N2/c1-38-33-51(40(3)44-21-11-7-12-22-44)56(52(34-38)41(4)45-23-13-8-14-24-45)60-37-61(59-50-32-20-30-48-29-19-31-49(55(48)50)58(59)60)57-53(42(5)46-25-15-9-16-26-46)35-39(2)36-54(57)43(6)47-27-17-10-18-28-47/h7-36,40-43,58-59H,37H2,1-6H3/t40-,41-,42-,43-,58?,59?/m1/s1. The zero-order valence-corrected chi connectivity index (χ0v) is 36.4. The molecular weight excluding hydrogens is 737 g/mol. The van der Waals surface area contributed by atoms with Crippen LogP contribution in [0.15, 0.2) is 182 Å². The van der Waals surface area contributed by atoms with Crippen LogP contribution in [0.4, 0.5) is 11.4 Å². The van der Waals surface area contributed by atoms with Gasteiger partial charge in [-0.3, -0.25) is 0 Å². The van der Waals surface area contributed by atoms with Crippen LogP contribution in [0.2, 0.25) is 0 Å². The molecule has 0 radical (unpaired) electrons. The highest BCUT2D eigenvalue weighted by molar-refractivity contribution is 5.94. The maximum atomic E-state index is 2.84. The smallest absolute Gasteiger partial charge is 0.0917 e. The topological polar surface area (TPSA) is 6.48 Å². The van der Waals surface area contributed by atoms with Crippen LogP contribution in [-0.2, 0) is 0 Å². The van der Waals surface area contributed by atoms with Crippen molar-refractivity contribution in [3.63, 3.8) is 0 Å². The van der Waals surface area contributed by atoms with Crippen LogP contribution in [0.25, 0.3) is 10.8 Å². The van der Waals surface area contributed by atoms with Gasteiger partial charge in [0.15, 0.2) is 0 Å². The first-order chi connectivity index (χ1) is 29.8. The molecule has 1 aliphatic heterocycles. The van der Waals surface area contributed by atoms with Gasteiger partial charge in [-0.15, -0.1) is 0 Å². The van der Waals surface area contributed by atoms with Gasteiger partial charge in [0.25, 0.3) is 0 Å². The molecule has 0 bridgehead atoms. The van der Waals surface area contributed by atoms with E-state index in [-0.39, 0.29) is 35.8 Å². The molecule has 2 nitrogen and oxygen atoms in total. The van der Waals surface area contributed by atoms with E-state index in [1.807, 2.05) is 0 Å². The second-order valence-electron chi connectivity index (χ2n) is 17.9. The molecule has 1 saturated heterocycles. The van der Waals surface area contributed by atoms with Crippen molar-refractivity contribution in [2.75, 3.05) is 16.5 Å². The van der Waals surface area contributed by atoms with Gasteiger partial charge >= 0.3 is 0 Å². The fourth-order valence-electron chi connectivity index (χ4n) is 11.0. The molecular formula is C59H56N2. The van der Waals surface area contributed by atoms with Crippen molar-refractivity contribution in [2.45, 2.75) is 77.3 Å². The molecule has 6 atom stereocenters. The Kier molecular flexibility index (Phi) is 10.1. The monoisotopic (exact) mass is 792 g/mol. The van der Waals surface area contributed by atoms with E-state index in [9.17, 15) is 0 Å². The molecule has 2 unspecified atom stereocenters. The number of rotatable bonds is 10. The highest BCUT2D eigenvalue weighted by Gasteiger charge is 2.50. The van der Waals surface area contributed by atoms with Gasteiger partial charge in [0.1, 0.15) is 0 Å². The van der Waals surface area contributed by atoms with Crippen LogP contribution >= 0.6 is 0 Å². The molecule has 10 rings (SSSR count). The summed E-state index contributed by atoms with van der Waals surface area (Å²) in [6.07, 6.45) is 0. The number of benzene rings is 8. The van der Waals surface area contributed by atoms with E-state index in [0.717, 1.165) is 6.67 Å². The Hall–Kier alpha value is -6.38. The molecule has 0 aromatic heterocycles. The molecule has 2 heteroatoms. The second-order valence-corrected chi connectivity index (χ2v) is 17.9. The molecule has 1 heterocycles. The van der Waals surface area contributed by atoms with E-state index in [2.05, 4.69) is 233 Å². The molecule has 0 amide bonds. The first-order valence-electron chi connectivity index (χ1n) is 22.3. The summed E-state index contributed by atoms with van der Waals surface area (Å²) in [6, 6.07) is 68.8. The SMILES string of the molecule is Cc1cc([C@H](C)c2ccccc2)c(N2CN(c3c([C@H](C)c4ccccc4)cc(C)cc3[C@H](C)c3ccccc3)C3c4cccc5cccc(c45)C32)c([C@H](C)c2ccccc2)c1. The van der Waals surface area contributed by atoms with Crippen molar-refractivity contribution in [3.05, 3.63) is 249 Å². The average Bonchev–Trinajstić information content (AvgIpc) is 3.86. The number of hydrogen-bond donors (Lipinski definition) is 0. The van der Waals surface area contributed by atoms with Gasteiger partial charge in [0, 0.05) is 35.0 Å². The van der Waals surface area contributed by atoms with Gasteiger partial charge in [-0.2, -0.15) is 0 Å². The van der Waals surface area contributed by atoms with Crippen LogP contribution in [-0.4, -0.2) is 6.67 Å². The number of aryl methyl sites for hydroxylation is 2. The van der Waals surface area contributed by atoms with Gasteiger partial charge in [-0.05, 0) is 80.3 Å². The quantitative estimate of drug-likeness (QED) is 0.136. The Bertz CT molecular complexity index is 2510. The summed E-state index contributed by atoms with van der Waals surface area (Å²) >= 11 is 0. The molecule has 2 aliphatic rings. The predicted octanol–water partition coefficient (Wildman–Crippen LogP) is 15.1. The van der Waals surface area contributed by atoms with E-state index in [0.29, 0.717) is 0 Å². The van der Waals surface area contributed by atoms with E-state index in [1.165, 1.54) is 88.9 Å². The van der Waals surface area contributed by atoms with E-state index >= 15 is 0 Å². The largest absolute Gasteiger partial charge is 0.344 e. The lowest BCUT2D eigenvalue weighted by molar-refractivity contribution is 0.640. The zero-order valence-electron chi connectivity index (χ0n) is 36.4. The van der Waals surface area contributed by atoms with E-state index < -0.39 is 0 Å². The van der Waals surface area contributed by atoms with Crippen LogP contribution in [0.5, 0.6) is 0 Å². The summed E-state index contributed by atoms with van der Waals surface area (Å²) < 4.78 is 0. The molecule has 61 heavy (non-hydrogen) atoms. The lowest BCUT2D eigenvalue weighted by atomic mass is 9.83. The minimum atomic E-state index is 0.105. The van der Waals surface area contributed by atoms with Crippen LogP contribution in [0, 0.1) is 13.8 Å². The van der Waals surface area contributed by atoms with Crippen molar-refractivity contribution in [1.29, 1.82) is 0 Å². The molecule has 1 aliphatic carbocycles. The van der Waals surface area contributed by atoms with Crippen molar-refractivity contribution >= 4 is 22.1 Å². The van der Waals surface area contributed by atoms with E-state index in [4.69, 9.17) is 0 Å². The molecule has 1 fully saturated rings. The number of hydrogen-bond acceptors (Lipinski definition) is 2. The van der Waals surface area contributed by atoms with E-state index in [1.54, 1.807) is 0 Å². The average molecular weight is 793 g/mol. The normalized spacial score (nSPS) is 17.6. The molecule has 0 spiro atoms. The van der Waals surface area contributed by atoms with Gasteiger partial charge in [0.2, 0.25) is 0 Å². The maximum Gasteiger partial charge on any atom is 0.0917 e. The summed E-state index contributed by atoms with van der Waals surface area (Å²) in [5.41, 5.74) is 19.2. The fraction of sp³-hybridized carbons (Fsp3) is 0.220. The number of anilines is 2. The summed E-state index contributed by atoms with van der Waals surface area (Å²) in [7, 11) is 0. The number of fused-ring (bicyclic) bond motifs is 3. The Morgan fingerprint density at radius 1 is 0.377 bits per heavy atom. The minimum Gasteiger partial charge on any atom is -0.344 e. The minimum absolute atomic E-state index is 0.105. The van der Waals surface area contributed by atoms with Gasteiger partial charge in [-0.25, -0.2) is 0 Å². The van der Waals surface area contributed by atoms with Gasteiger partial charge < -0.3 is 9.80 Å². The van der Waals surface area contributed by atoms with Crippen molar-refractivity contribution in [3.8, 4) is 0 Å². The zero-order chi connectivity index (χ0) is 41.8. The molecule has 0 N–H and O–H groups in total. The van der Waals surface area contributed by atoms with Crippen LogP contribution < -0.4 is 9.80 Å². The third-order valence-corrected chi connectivity index (χ3v) is 14.1. The van der Waals surface area contributed by atoms with Crippen molar-refractivity contribution in [1.82, 2.24) is 0 Å². The fourth-order valence-corrected chi connectivity index (χ4v) is 11.0. The second kappa shape index (κ2) is 15.9. The number of nitrogens with zero attached hydrogens (tertiary/aromatic N) is 2. The molecule has 8 aromatic rings. The molecule has 0 saturated carbocycles. The summed E-state index contributed by atoms with van der Waals surface area (Å²) in [5, 5.41) is 2.74. The summed E-state index contributed by atoms with van der Waals surface area (Å²) in [5.74, 6) is 0.747. The Balaban J connectivity index is 1.26.